The van der Waals surface area contributed by atoms with Crippen LogP contribution in [0.2, 0.25) is 0 Å². The summed E-state index contributed by atoms with van der Waals surface area (Å²) in [5.74, 6) is 2.86. The third-order valence-corrected chi connectivity index (χ3v) is 4.30. The van der Waals surface area contributed by atoms with Gasteiger partial charge in [0.1, 0.15) is 5.82 Å². The Morgan fingerprint density at radius 1 is 0.964 bits per heavy atom. The fourth-order valence-electron chi connectivity index (χ4n) is 2.88. The zero-order chi connectivity index (χ0) is 19.2. The lowest BCUT2D eigenvalue weighted by molar-refractivity contribution is 0.174. The maximum absolute atomic E-state index is 5.44. The van der Waals surface area contributed by atoms with Crippen molar-refractivity contribution in [3.05, 3.63) is 60.2 Å². The standard InChI is InChI=1S/C21H22N4O3/c1-26-10-9-22-21-24-17(16-5-3-2-4-6-16)12-20(25-21)23-13-15-7-8-18-19(11-15)28-14-27-18/h2-8,11-12H,9-10,13-14H2,1H3,(H2,22,23,24,25). The normalized spacial score (nSPS) is 12.0. The number of methoxy groups -OCH3 is 1. The van der Waals surface area contributed by atoms with Crippen molar-refractivity contribution < 1.29 is 14.2 Å². The molecule has 2 aromatic carbocycles. The minimum absolute atomic E-state index is 0.273. The second-order valence-corrected chi connectivity index (χ2v) is 6.29. The van der Waals surface area contributed by atoms with Crippen molar-refractivity contribution in [1.29, 1.82) is 0 Å². The number of ether oxygens (including phenoxy) is 3. The van der Waals surface area contributed by atoms with Crippen LogP contribution in [-0.4, -0.2) is 37.0 Å². The van der Waals surface area contributed by atoms with E-state index in [-0.39, 0.29) is 6.79 Å². The molecule has 7 heteroatoms. The minimum atomic E-state index is 0.273. The van der Waals surface area contributed by atoms with Gasteiger partial charge in [-0.15, -0.1) is 0 Å². The molecule has 144 valence electrons. The van der Waals surface area contributed by atoms with Crippen molar-refractivity contribution in [1.82, 2.24) is 9.97 Å². The molecule has 0 spiro atoms. The molecule has 0 unspecified atom stereocenters. The van der Waals surface area contributed by atoms with Crippen molar-refractivity contribution in [3.63, 3.8) is 0 Å². The quantitative estimate of drug-likeness (QED) is 0.581. The Morgan fingerprint density at radius 3 is 2.68 bits per heavy atom. The van der Waals surface area contributed by atoms with Crippen LogP contribution in [0.3, 0.4) is 0 Å². The molecule has 2 N–H and O–H groups in total. The lowest BCUT2D eigenvalue weighted by Gasteiger charge is -2.12. The molecule has 0 saturated carbocycles. The maximum atomic E-state index is 5.44. The van der Waals surface area contributed by atoms with E-state index in [0.717, 1.165) is 34.1 Å². The Labute approximate surface area is 163 Å². The maximum Gasteiger partial charge on any atom is 0.231 e. The number of anilines is 2. The lowest BCUT2D eigenvalue weighted by Crippen LogP contribution is -2.12. The summed E-state index contributed by atoms with van der Waals surface area (Å²) in [6, 6.07) is 17.9. The van der Waals surface area contributed by atoms with Crippen molar-refractivity contribution in [3.8, 4) is 22.8 Å². The molecule has 7 nitrogen and oxygen atoms in total. The van der Waals surface area contributed by atoms with Crippen molar-refractivity contribution >= 4 is 11.8 Å². The molecule has 1 aromatic heterocycles. The summed E-state index contributed by atoms with van der Waals surface area (Å²) in [5, 5.41) is 6.58. The number of rotatable bonds is 8. The van der Waals surface area contributed by atoms with Gasteiger partial charge in [0.05, 0.1) is 12.3 Å². The molecular formula is C21H22N4O3. The number of hydrogen-bond donors (Lipinski definition) is 2. The van der Waals surface area contributed by atoms with E-state index < -0.39 is 0 Å². The third-order valence-electron chi connectivity index (χ3n) is 4.30. The van der Waals surface area contributed by atoms with Gasteiger partial charge in [0.2, 0.25) is 12.7 Å². The highest BCUT2D eigenvalue weighted by Crippen LogP contribution is 2.32. The summed E-state index contributed by atoms with van der Waals surface area (Å²) in [6.45, 7) is 2.10. The van der Waals surface area contributed by atoms with Crippen LogP contribution in [0.15, 0.2) is 54.6 Å². The Morgan fingerprint density at radius 2 is 1.82 bits per heavy atom. The Bertz CT molecular complexity index is 934. The number of nitrogens with zero attached hydrogens (tertiary/aromatic N) is 2. The summed E-state index contributed by atoms with van der Waals surface area (Å²) in [4.78, 5) is 9.20. The predicted octanol–water partition coefficient (Wildman–Crippen LogP) is 3.54. The van der Waals surface area contributed by atoms with Crippen LogP contribution < -0.4 is 20.1 Å². The van der Waals surface area contributed by atoms with Crippen molar-refractivity contribution in [2.45, 2.75) is 6.54 Å². The molecule has 0 radical (unpaired) electrons. The number of nitrogens with one attached hydrogen (secondary N) is 2. The predicted molar refractivity (Wildman–Crippen MR) is 108 cm³/mol. The van der Waals surface area contributed by atoms with E-state index in [1.165, 1.54) is 0 Å². The average Bonchev–Trinajstić information content (AvgIpc) is 3.21. The van der Waals surface area contributed by atoms with Crippen LogP contribution in [0.5, 0.6) is 11.5 Å². The lowest BCUT2D eigenvalue weighted by atomic mass is 10.1. The van der Waals surface area contributed by atoms with Gasteiger partial charge in [0, 0.05) is 31.8 Å². The summed E-state index contributed by atoms with van der Waals surface area (Å²) >= 11 is 0. The summed E-state index contributed by atoms with van der Waals surface area (Å²) in [7, 11) is 1.67. The van der Waals surface area contributed by atoms with Crippen molar-refractivity contribution in [2.75, 3.05) is 37.7 Å². The Kier molecular flexibility index (Phi) is 5.53. The summed E-state index contributed by atoms with van der Waals surface area (Å²) in [6.07, 6.45) is 0. The van der Waals surface area contributed by atoms with E-state index in [1.54, 1.807) is 7.11 Å². The van der Waals surface area contributed by atoms with Gasteiger partial charge in [0.25, 0.3) is 0 Å². The molecule has 2 heterocycles. The molecule has 0 atom stereocenters. The summed E-state index contributed by atoms with van der Waals surface area (Å²) in [5.41, 5.74) is 2.97. The first-order chi connectivity index (χ1) is 13.8. The second kappa shape index (κ2) is 8.58. The van der Waals surface area contributed by atoms with Gasteiger partial charge in [-0.25, -0.2) is 4.98 Å². The van der Waals surface area contributed by atoms with Gasteiger partial charge in [-0.2, -0.15) is 4.98 Å². The average molecular weight is 378 g/mol. The first-order valence-electron chi connectivity index (χ1n) is 9.11. The van der Waals surface area contributed by atoms with Crippen LogP contribution in [-0.2, 0) is 11.3 Å². The second-order valence-electron chi connectivity index (χ2n) is 6.29. The van der Waals surface area contributed by atoms with E-state index in [2.05, 4.69) is 20.6 Å². The smallest absolute Gasteiger partial charge is 0.231 e. The molecule has 0 bridgehead atoms. The van der Waals surface area contributed by atoms with Crippen LogP contribution >= 0.6 is 0 Å². The van der Waals surface area contributed by atoms with Gasteiger partial charge in [0.15, 0.2) is 11.5 Å². The topological polar surface area (TPSA) is 77.5 Å². The largest absolute Gasteiger partial charge is 0.454 e. The van der Waals surface area contributed by atoms with Crippen molar-refractivity contribution in [2.24, 2.45) is 0 Å². The van der Waals surface area contributed by atoms with Gasteiger partial charge >= 0.3 is 0 Å². The van der Waals surface area contributed by atoms with E-state index >= 15 is 0 Å². The van der Waals surface area contributed by atoms with E-state index in [1.807, 2.05) is 54.6 Å². The molecule has 1 aliphatic heterocycles. The van der Waals surface area contributed by atoms with Crippen LogP contribution in [0.1, 0.15) is 5.56 Å². The molecule has 0 fully saturated rings. The summed E-state index contributed by atoms with van der Waals surface area (Å²) < 4.78 is 15.9. The first-order valence-corrected chi connectivity index (χ1v) is 9.11. The molecule has 28 heavy (non-hydrogen) atoms. The van der Waals surface area contributed by atoms with Gasteiger partial charge in [-0.3, -0.25) is 0 Å². The molecule has 4 rings (SSSR count). The van der Waals surface area contributed by atoms with Gasteiger partial charge in [-0.05, 0) is 17.7 Å². The molecule has 3 aromatic rings. The first kappa shape index (κ1) is 18.1. The Balaban J connectivity index is 1.53. The molecule has 0 saturated heterocycles. The third kappa shape index (κ3) is 4.32. The molecule has 1 aliphatic rings. The Hall–Kier alpha value is -3.32. The zero-order valence-corrected chi connectivity index (χ0v) is 15.6. The number of hydrogen-bond acceptors (Lipinski definition) is 7. The van der Waals surface area contributed by atoms with Crippen LogP contribution in [0.25, 0.3) is 11.3 Å². The van der Waals surface area contributed by atoms with E-state index in [9.17, 15) is 0 Å². The van der Waals surface area contributed by atoms with Gasteiger partial charge in [-0.1, -0.05) is 36.4 Å². The fraction of sp³-hybridized carbons (Fsp3) is 0.238. The van der Waals surface area contributed by atoms with E-state index in [4.69, 9.17) is 14.2 Å². The van der Waals surface area contributed by atoms with Crippen LogP contribution in [0, 0.1) is 0 Å². The number of benzene rings is 2. The highest BCUT2D eigenvalue weighted by molar-refractivity contribution is 5.64. The molecule has 0 amide bonds. The fourth-order valence-corrected chi connectivity index (χ4v) is 2.88. The SMILES string of the molecule is COCCNc1nc(NCc2ccc3c(c2)OCO3)cc(-c2ccccc2)n1. The number of aromatic nitrogens is 2. The molecule has 0 aliphatic carbocycles. The number of fused-ring (bicyclic) bond motifs is 1. The zero-order valence-electron chi connectivity index (χ0n) is 15.6. The van der Waals surface area contributed by atoms with E-state index in [0.29, 0.717) is 25.6 Å². The monoisotopic (exact) mass is 378 g/mol. The minimum Gasteiger partial charge on any atom is -0.454 e. The van der Waals surface area contributed by atoms with Gasteiger partial charge < -0.3 is 24.8 Å². The highest BCUT2D eigenvalue weighted by atomic mass is 16.7. The van der Waals surface area contributed by atoms with Crippen LogP contribution in [0.4, 0.5) is 11.8 Å². The molecular weight excluding hydrogens is 356 g/mol. The highest BCUT2D eigenvalue weighted by Gasteiger charge is 2.13.